The summed E-state index contributed by atoms with van der Waals surface area (Å²) in [6.45, 7) is 2.40. The lowest BCUT2D eigenvalue weighted by Gasteiger charge is -2.10. The minimum atomic E-state index is -0.590. The first-order valence-corrected chi connectivity index (χ1v) is 8.31. The van der Waals surface area contributed by atoms with E-state index in [0.29, 0.717) is 22.2 Å². The molecule has 0 saturated carbocycles. The van der Waals surface area contributed by atoms with Crippen molar-refractivity contribution in [1.82, 2.24) is 4.57 Å². The van der Waals surface area contributed by atoms with Crippen LogP contribution in [-0.2, 0) is 11.3 Å². The van der Waals surface area contributed by atoms with E-state index in [-0.39, 0.29) is 5.82 Å². The number of rotatable bonds is 4. The molecule has 0 aliphatic heterocycles. The normalized spacial score (nSPS) is 11.5. The lowest BCUT2D eigenvalue weighted by molar-refractivity contribution is -0.113. The van der Waals surface area contributed by atoms with Crippen LogP contribution in [0.4, 0.5) is 4.39 Å². The Bertz CT molecular complexity index is 1010. The number of primary amides is 1. The second-order valence-electron chi connectivity index (χ2n) is 5.80. The van der Waals surface area contributed by atoms with E-state index in [2.05, 4.69) is 0 Å². The predicted octanol–water partition coefficient (Wildman–Crippen LogP) is 4.94. The van der Waals surface area contributed by atoms with Crippen LogP contribution >= 0.6 is 23.2 Å². The fourth-order valence-electron chi connectivity index (χ4n) is 2.87. The lowest BCUT2D eigenvalue weighted by Crippen LogP contribution is -2.05. The molecule has 0 aliphatic rings. The van der Waals surface area contributed by atoms with Crippen LogP contribution in [0.15, 0.2) is 42.6 Å². The SMILES string of the molecule is Cc1cn(Cc2ccc(Cl)cc2Cl)c2c(C=CC(N)=O)cc(F)cc12. The average molecular weight is 377 g/mol. The largest absolute Gasteiger partial charge is 0.366 e. The molecular formula is C19H15Cl2FN2O. The number of aryl methyl sites for hydroxylation is 1. The highest BCUT2D eigenvalue weighted by Crippen LogP contribution is 2.29. The standard InChI is InChI=1S/C19H15Cl2FN2O/c1-11-9-24(10-13-2-4-14(20)7-17(13)21)19-12(3-5-18(23)25)6-15(22)8-16(11)19/h2-9H,10H2,1H3,(H2,23,25). The molecule has 0 aliphatic carbocycles. The third-order valence-corrected chi connectivity index (χ3v) is 4.54. The van der Waals surface area contributed by atoms with Gasteiger partial charge >= 0.3 is 0 Å². The molecule has 3 aromatic rings. The van der Waals surface area contributed by atoms with Crippen LogP contribution in [0.25, 0.3) is 17.0 Å². The van der Waals surface area contributed by atoms with Gasteiger partial charge in [-0.3, -0.25) is 4.79 Å². The van der Waals surface area contributed by atoms with Crippen molar-refractivity contribution in [3.63, 3.8) is 0 Å². The molecule has 6 heteroatoms. The number of hydrogen-bond acceptors (Lipinski definition) is 1. The molecule has 1 aromatic heterocycles. The van der Waals surface area contributed by atoms with Crippen molar-refractivity contribution in [1.29, 1.82) is 0 Å². The second kappa shape index (κ2) is 6.90. The Balaban J connectivity index is 2.16. The molecule has 25 heavy (non-hydrogen) atoms. The molecule has 0 saturated heterocycles. The van der Waals surface area contributed by atoms with Gasteiger partial charge in [0.05, 0.1) is 5.52 Å². The maximum Gasteiger partial charge on any atom is 0.241 e. The molecule has 2 N–H and O–H groups in total. The van der Waals surface area contributed by atoms with E-state index in [9.17, 15) is 9.18 Å². The van der Waals surface area contributed by atoms with Crippen LogP contribution in [0.5, 0.6) is 0 Å². The van der Waals surface area contributed by atoms with Gasteiger partial charge in [0.2, 0.25) is 5.91 Å². The zero-order valence-corrected chi connectivity index (χ0v) is 14.9. The highest BCUT2D eigenvalue weighted by Gasteiger charge is 2.13. The van der Waals surface area contributed by atoms with Crippen molar-refractivity contribution < 1.29 is 9.18 Å². The summed E-state index contributed by atoms with van der Waals surface area (Å²) in [6, 6.07) is 8.17. The first kappa shape index (κ1) is 17.5. The molecule has 2 aromatic carbocycles. The van der Waals surface area contributed by atoms with Crippen LogP contribution in [0.1, 0.15) is 16.7 Å². The number of amides is 1. The fraction of sp³-hybridized carbons (Fsp3) is 0.105. The average Bonchev–Trinajstić information content (AvgIpc) is 2.84. The van der Waals surface area contributed by atoms with Gasteiger partial charge in [0.25, 0.3) is 0 Å². The first-order chi connectivity index (χ1) is 11.8. The number of benzene rings is 2. The zero-order chi connectivity index (χ0) is 18.1. The topological polar surface area (TPSA) is 48.0 Å². The minimum Gasteiger partial charge on any atom is -0.366 e. The number of nitrogens with two attached hydrogens (primary N) is 1. The molecule has 0 unspecified atom stereocenters. The monoisotopic (exact) mass is 376 g/mol. The Morgan fingerprint density at radius 1 is 1.28 bits per heavy atom. The number of halogens is 3. The summed E-state index contributed by atoms with van der Waals surface area (Å²) in [7, 11) is 0. The highest BCUT2D eigenvalue weighted by molar-refractivity contribution is 6.35. The van der Waals surface area contributed by atoms with E-state index in [1.165, 1.54) is 24.3 Å². The van der Waals surface area contributed by atoms with Gasteiger partial charge in [0.1, 0.15) is 5.82 Å². The molecule has 1 amide bonds. The summed E-state index contributed by atoms with van der Waals surface area (Å²) in [6.07, 6.45) is 4.67. The summed E-state index contributed by atoms with van der Waals surface area (Å²) < 4.78 is 15.9. The van der Waals surface area contributed by atoms with Gasteiger partial charge in [-0.15, -0.1) is 0 Å². The van der Waals surface area contributed by atoms with Crippen molar-refractivity contribution in [2.45, 2.75) is 13.5 Å². The Morgan fingerprint density at radius 3 is 2.72 bits per heavy atom. The summed E-state index contributed by atoms with van der Waals surface area (Å²) in [5.74, 6) is -0.963. The molecule has 0 atom stereocenters. The number of carbonyl (C=O) groups excluding carboxylic acids is 1. The maximum absolute atomic E-state index is 14.0. The zero-order valence-electron chi connectivity index (χ0n) is 13.4. The van der Waals surface area contributed by atoms with Gasteiger partial charge in [0, 0.05) is 39.8 Å². The van der Waals surface area contributed by atoms with E-state index < -0.39 is 5.91 Å². The molecule has 0 bridgehead atoms. The van der Waals surface area contributed by atoms with E-state index in [0.717, 1.165) is 22.0 Å². The van der Waals surface area contributed by atoms with Crippen LogP contribution < -0.4 is 5.73 Å². The Kier molecular flexibility index (Phi) is 4.84. The van der Waals surface area contributed by atoms with E-state index in [1.807, 2.05) is 23.8 Å². The summed E-state index contributed by atoms with van der Waals surface area (Å²) in [4.78, 5) is 11.1. The van der Waals surface area contributed by atoms with Gasteiger partial charge in [-0.05, 0) is 48.4 Å². The smallest absolute Gasteiger partial charge is 0.241 e. The number of carbonyl (C=O) groups is 1. The van der Waals surface area contributed by atoms with E-state index in [1.54, 1.807) is 12.1 Å². The van der Waals surface area contributed by atoms with Gasteiger partial charge in [-0.2, -0.15) is 0 Å². The molecule has 0 fully saturated rings. The lowest BCUT2D eigenvalue weighted by atomic mass is 10.1. The Morgan fingerprint density at radius 2 is 2.04 bits per heavy atom. The van der Waals surface area contributed by atoms with Crippen molar-refractivity contribution in [2.24, 2.45) is 5.73 Å². The first-order valence-electron chi connectivity index (χ1n) is 7.55. The molecular weight excluding hydrogens is 362 g/mol. The maximum atomic E-state index is 14.0. The van der Waals surface area contributed by atoms with Crippen LogP contribution in [0.2, 0.25) is 10.0 Å². The fourth-order valence-corrected chi connectivity index (χ4v) is 3.33. The number of nitrogens with zero attached hydrogens (tertiary/aromatic N) is 1. The summed E-state index contributed by atoms with van der Waals surface area (Å²) in [5.41, 5.74) is 8.36. The van der Waals surface area contributed by atoms with Crippen LogP contribution in [-0.4, -0.2) is 10.5 Å². The predicted molar refractivity (Wildman–Crippen MR) is 100 cm³/mol. The summed E-state index contributed by atoms with van der Waals surface area (Å²) in [5, 5.41) is 1.90. The quantitative estimate of drug-likeness (QED) is 0.643. The number of fused-ring (bicyclic) bond motifs is 1. The number of hydrogen-bond donors (Lipinski definition) is 1. The van der Waals surface area contributed by atoms with Crippen LogP contribution in [0.3, 0.4) is 0 Å². The van der Waals surface area contributed by atoms with Crippen molar-refractivity contribution in [3.05, 3.63) is 75.2 Å². The molecule has 0 radical (unpaired) electrons. The van der Waals surface area contributed by atoms with Crippen molar-refractivity contribution in [2.75, 3.05) is 0 Å². The third kappa shape index (κ3) is 3.70. The molecule has 3 nitrogen and oxygen atoms in total. The minimum absolute atomic E-state index is 0.373. The number of aromatic nitrogens is 1. The second-order valence-corrected chi connectivity index (χ2v) is 6.65. The molecule has 3 rings (SSSR count). The third-order valence-electron chi connectivity index (χ3n) is 3.95. The Labute approximate surface area is 154 Å². The van der Waals surface area contributed by atoms with E-state index >= 15 is 0 Å². The van der Waals surface area contributed by atoms with Crippen LogP contribution in [0, 0.1) is 12.7 Å². The van der Waals surface area contributed by atoms with Crippen molar-refractivity contribution >= 4 is 46.1 Å². The van der Waals surface area contributed by atoms with Gasteiger partial charge in [-0.25, -0.2) is 4.39 Å². The van der Waals surface area contributed by atoms with Gasteiger partial charge < -0.3 is 10.3 Å². The van der Waals surface area contributed by atoms with Crippen molar-refractivity contribution in [3.8, 4) is 0 Å². The van der Waals surface area contributed by atoms with E-state index in [4.69, 9.17) is 28.9 Å². The van der Waals surface area contributed by atoms with Gasteiger partial charge in [0.15, 0.2) is 0 Å². The highest BCUT2D eigenvalue weighted by atomic mass is 35.5. The molecule has 128 valence electrons. The Hall–Kier alpha value is -2.30. The summed E-state index contributed by atoms with van der Waals surface area (Å²) >= 11 is 12.2. The van der Waals surface area contributed by atoms with Gasteiger partial charge in [-0.1, -0.05) is 29.3 Å². The molecule has 1 heterocycles. The molecule has 0 spiro atoms.